The molecule has 1 aromatic carbocycles. The average molecular weight is 289 g/mol. The fourth-order valence-corrected chi connectivity index (χ4v) is 1.61. The number of rotatable bonds is 5. The van der Waals surface area contributed by atoms with Crippen LogP contribution in [0.4, 0.5) is 4.39 Å². The lowest BCUT2D eigenvalue weighted by Gasteiger charge is -2.15. The minimum Gasteiger partial charge on any atom is -0.366 e. The summed E-state index contributed by atoms with van der Waals surface area (Å²) in [5, 5.41) is 0. The minimum atomic E-state index is -0.664. The summed E-state index contributed by atoms with van der Waals surface area (Å²) in [4.78, 5) is 11.4. The Kier molecular flexibility index (Phi) is 5.09. The molecule has 4 heteroatoms. The number of carbonyl (C=O) groups excluding carboxylic acids is 1. The molecular weight excluding hydrogens is 275 g/mol. The van der Waals surface area contributed by atoms with Crippen LogP contribution in [0.15, 0.2) is 22.7 Å². The second-order valence-electron chi connectivity index (χ2n) is 3.54. The van der Waals surface area contributed by atoms with Gasteiger partial charge in [0.05, 0.1) is 4.47 Å². The number of ketones is 1. The average Bonchev–Trinajstić information content (AvgIpc) is 2.23. The summed E-state index contributed by atoms with van der Waals surface area (Å²) >= 11 is 3.07. The molecule has 0 aliphatic carbocycles. The molecule has 0 N–H and O–H groups in total. The molecule has 0 saturated carbocycles. The van der Waals surface area contributed by atoms with E-state index < -0.39 is 6.10 Å². The van der Waals surface area contributed by atoms with E-state index in [4.69, 9.17) is 4.74 Å². The highest BCUT2D eigenvalue weighted by molar-refractivity contribution is 9.10. The minimum absolute atomic E-state index is 0.116. The Bertz CT molecular complexity index is 379. The van der Waals surface area contributed by atoms with E-state index >= 15 is 0 Å². The summed E-state index contributed by atoms with van der Waals surface area (Å²) in [7, 11) is 0. The van der Waals surface area contributed by atoms with Gasteiger partial charge in [-0.1, -0.05) is 13.0 Å². The number of ether oxygens (including phenoxy) is 1. The summed E-state index contributed by atoms with van der Waals surface area (Å²) in [5.74, 6) is -0.501. The third-order valence-electron chi connectivity index (χ3n) is 2.10. The number of carbonyl (C=O) groups is 1. The second-order valence-corrected chi connectivity index (χ2v) is 4.39. The molecule has 1 atom stereocenters. The maximum absolute atomic E-state index is 13.3. The van der Waals surface area contributed by atoms with Crippen molar-refractivity contribution < 1.29 is 13.9 Å². The molecule has 88 valence electrons. The largest absolute Gasteiger partial charge is 0.366 e. The van der Waals surface area contributed by atoms with Gasteiger partial charge in [-0.05, 0) is 47.0 Å². The van der Waals surface area contributed by atoms with Gasteiger partial charge in [-0.15, -0.1) is 0 Å². The highest BCUT2D eigenvalue weighted by Crippen LogP contribution is 2.23. The van der Waals surface area contributed by atoms with Gasteiger partial charge in [0.15, 0.2) is 5.78 Å². The van der Waals surface area contributed by atoms with E-state index in [9.17, 15) is 9.18 Å². The molecule has 1 aromatic rings. The highest BCUT2D eigenvalue weighted by atomic mass is 79.9. The molecule has 0 saturated heterocycles. The van der Waals surface area contributed by atoms with E-state index in [0.29, 0.717) is 16.6 Å². The number of benzene rings is 1. The summed E-state index contributed by atoms with van der Waals surface area (Å²) in [5.41, 5.74) is 0.557. The van der Waals surface area contributed by atoms with Crippen molar-refractivity contribution in [1.29, 1.82) is 0 Å². The first-order valence-corrected chi connectivity index (χ1v) is 5.92. The van der Waals surface area contributed by atoms with Crippen molar-refractivity contribution in [3.8, 4) is 0 Å². The zero-order chi connectivity index (χ0) is 12.1. The smallest absolute Gasteiger partial charge is 0.163 e. The monoisotopic (exact) mass is 288 g/mol. The van der Waals surface area contributed by atoms with Gasteiger partial charge >= 0.3 is 0 Å². The Hall–Kier alpha value is -0.740. The second kappa shape index (κ2) is 6.11. The number of hydrogen-bond acceptors (Lipinski definition) is 2. The molecule has 1 rings (SSSR count). The molecule has 0 aliphatic rings. The number of Topliss-reactive ketones (excluding diaryl/α,β-unsaturated/α-hetero) is 1. The topological polar surface area (TPSA) is 26.3 Å². The lowest BCUT2D eigenvalue weighted by molar-refractivity contribution is -0.128. The van der Waals surface area contributed by atoms with Gasteiger partial charge in [0.1, 0.15) is 11.9 Å². The van der Waals surface area contributed by atoms with Crippen molar-refractivity contribution in [2.75, 3.05) is 6.61 Å². The fraction of sp³-hybridized carbons (Fsp3) is 0.417. The van der Waals surface area contributed by atoms with Gasteiger partial charge in [-0.2, -0.15) is 0 Å². The first-order chi connectivity index (χ1) is 7.56. The van der Waals surface area contributed by atoms with E-state index in [2.05, 4.69) is 15.9 Å². The van der Waals surface area contributed by atoms with Crippen LogP contribution in [0, 0.1) is 5.82 Å². The molecule has 0 bridgehead atoms. The predicted molar refractivity (Wildman–Crippen MR) is 63.8 cm³/mol. The molecule has 0 heterocycles. The van der Waals surface area contributed by atoms with Crippen LogP contribution in [-0.4, -0.2) is 12.4 Å². The molecular formula is C12H14BrFO2. The van der Waals surface area contributed by atoms with Gasteiger partial charge in [-0.3, -0.25) is 4.79 Å². The number of halogens is 2. The summed E-state index contributed by atoms with van der Waals surface area (Å²) in [6.45, 7) is 3.89. The number of hydrogen-bond donors (Lipinski definition) is 0. The Morgan fingerprint density at radius 3 is 2.75 bits per heavy atom. The normalized spacial score (nSPS) is 12.5. The van der Waals surface area contributed by atoms with Crippen molar-refractivity contribution in [2.24, 2.45) is 0 Å². The fourth-order valence-electron chi connectivity index (χ4n) is 1.36. The van der Waals surface area contributed by atoms with Crippen LogP contribution >= 0.6 is 15.9 Å². The van der Waals surface area contributed by atoms with Crippen molar-refractivity contribution in [2.45, 2.75) is 26.4 Å². The van der Waals surface area contributed by atoms with Gasteiger partial charge in [0.25, 0.3) is 0 Å². The third kappa shape index (κ3) is 3.39. The van der Waals surface area contributed by atoms with Gasteiger partial charge in [-0.25, -0.2) is 4.39 Å². The maximum atomic E-state index is 13.3. The Labute approximate surface area is 103 Å². The highest BCUT2D eigenvalue weighted by Gasteiger charge is 2.18. The van der Waals surface area contributed by atoms with E-state index in [1.54, 1.807) is 12.1 Å². The molecule has 0 aromatic heterocycles. The van der Waals surface area contributed by atoms with Gasteiger partial charge < -0.3 is 4.74 Å². The first kappa shape index (κ1) is 13.3. The Balaban J connectivity index is 2.92. The van der Waals surface area contributed by atoms with Crippen molar-refractivity contribution in [3.05, 3.63) is 34.1 Å². The zero-order valence-corrected chi connectivity index (χ0v) is 10.9. The molecule has 0 radical (unpaired) electrons. The van der Waals surface area contributed by atoms with Crippen molar-refractivity contribution in [3.63, 3.8) is 0 Å². The van der Waals surface area contributed by atoms with E-state index in [1.807, 2.05) is 6.92 Å². The summed E-state index contributed by atoms with van der Waals surface area (Å²) < 4.78 is 19.1. The summed E-state index contributed by atoms with van der Waals surface area (Å²) in [6, 6.07) is 4.59. The third-order valence-corrected chi connectivity index (χ3v) is 2.75. The molecule has 16 heavy (non-hydrogen) atoms. The van der Waals surface area contributed by atoms with Crippen LogP contribution in [0.2, 0.25) is 0 Å². The van der Waals surface area contributed by atoms with Crippen LogP contribution in [0.3, 0.4) is 0 Å². The van der Waals surface area contributed by atoms with E-state index in [-0.39, 0.29) is 11.6 Å². The molecule has 1 unspecified atom stereocenters. The quantitative estimate of drug-likeness (QED) is 0.827. The molecule has 0 amide bonds. The van der Waals surface area contributed by atoms with E-state index in [1.165, 1.54) is 13.0 Å². The lowest BCUT2D eigenvalue weighted by atomic mass is 10.1. The van der Waals surface area contributed by atoms with Crippen LogP contribution in [0.5, 0.6) is 0 Å². The SMILES string of the molecule is CCCOC(C(C)=O)c1ccc(Br)c(F)c1. The van der Waals surface area contributed by atoms with Gasteiger partial charge in [0, 0.05) is 6.61 Å². The standard InChI is InChI=1S/C12H14BrFO2/c1-3-6-16-12(8(2)15)9-4-5-10(13)11(14)7-9/h4-5,7,12H,3,6H2,1-2H3. The van der Waals surface area contributed by atoms with Crippen LogP contribution in [0.1, 0.15) is 31.9 Å². The predicted octanol–water partition coefficient (Wildman–Crippen LogP) is 3.64. The molecule has 0 spiro atoms. The Morgan fingerprint density at radius 2 is 2.25 bits per heavy atom. The maximum Gasteiger partial charge on any atom is 0.163 e. The molecule has 0 fully saturated rings. The Morgan fingerprint density at radius 1 is 1.56 bits per heavy atom. The molecule has 2 nitrogen and oxygen atoms in total. The van der Waals surface area contributed by atoms with Crippen LogP contribution in [0.25, 0.3) is 0 Å². The summed E-state index contributed by atoms with van der Waals surface area (Å²) in [6.07, 6.45) is 0.158. The van der Waals surface area contributed by atoms with E-state index in [0.717, 1.165) is 6.42 Å². The van der Waals surface area contributed by atoms with Crippen LogP contribution < -0.4 is 0 Å². The zero-order valence-electron chi connectivity index (χ0n) is 9.30. The van der Waals surface area contributed by atoms with Crippen LogP contribution in [-0.2, 0) is 9.53 Å². The molecule has 0 aliphatic heterocycles. The van der Waals surface area contributed by atoms with Crippen molar-refractivity contribution >= 4 is 21.7 Å². The van der Waals surface area contributed by atoms with Gasteiger partial charge in [0.2, 0.25) is 0 Å². The lowest BCUT2D eigenvalue weighted by Crippen LogP contribution is -2.13. The van der Waals surface area contributed by atoms with Crippen molar-refractivity contribution in [1.82, 2.24) is 0 Å². The first-order valence-electron chi connectivity index (χ1n) is 5.13.